The first-order valence-corrected chi connectivity index (χ1v) is 7.47. The van der Waals surface area contributed by atoms with Crippen molar-refractivity contribution in [1.82, 2.24) is 14.9 Å². The second-order valence-electron chi connectivity index (χ2n) is 5.39. The number of amides is 1. The number of nitrogens with one attached hydrogen (secondary N) is 1. The minimum atomic E-state index is -0.00286. The van der Waals surface area contributed by atoms with Crippen LogP contribution in [-0.4, -0.2) is 15.5 Å². The Kier molecular flexibility index (Phi) is 4.19. The molecule has 4 heteroatoms. The van der Waals surface area contributed by atoms with Crippen LogP contribution in [0.25, 0.3) is 10.9 Å². The third kappa shape index (κ3) is 3.17. The Hall–Kier alpha value is -2.62. The van der Waals surface area contributed by atoms with E-state index in [1.54, 1.807) is 12.4 Å². The second kappa shape index (κ2) is 6.43. The van der Waals surface area contributed by atoms with Crippen molar-refractivity contribution in [3.8, 4) is 0 Å². The quantitative estimate of drug-likeness (QED) is 0.784. The Balaban J connectivity index is 1.58. The molecule has 0 spiro atoms. The molecule has 1 N–H and O–H groups in total. The smallest absolute Gasteiger partial charge is 0.222 e. The van der Waals surface area contributed by atoms with E-state index in [1.807, 2.05) is 37.4 Å². The summed E-state index contributed by atoms with van der Waals surface area (Å²) in [5.74, 6) is 0.0575. The minimum absolute atomic E-state index is 0.00286. The zero-order chi connectivity index (χ0) is 15.4. The number of aryl methyl sites for hydroxylation is 1. The van der Waals surface area contributed by atoms with E-state index < -0.39 is 0 Å². The van der Waals surface area contributed by atoms with Crippen molar-refractivity contribution in [2.45, 2.75) is 25.9 Å². The van der Waals surface area contributed by atoms with Crippen LogP contribution >= 0.6 is 0 Å². The molecule has 0 saturated carbocycles. The number of carbonyl (C=O) groups is 1. The Labute approximate surface area is 129 Å². The van der Waals surface area contributed by atoms with Crippen molar-refractivity contribution in [2.24, 2.45) is 0 Å². The van der Waals surface area contributed by atoms with Gasteiger partial charge in [0.2, 0.25) is 5.91 Å². The van der Waals surface area contributed by atoms with E-state index in [4.69, 9.17) is 0 Å². The Morgan fingerprint density at radius 3 is 2.77 bits per heavy atom. The third-order valence-corrected chi connectivity index (χ3v) is 3.84. The summed E-state index contributed by atoms with van der Waals surface area (Å²) in [6, 6.07) is 14.1. The van der Waals surface area contributed by atoms with Gasteiger partial charge in [0.05, 0.1) is 6.04 Å². The molecule has 3 aromatic rings. The van der Waals surface area contributed by atoms with Crippen molar-refractivity contribution in [3.63, 3.8) is 0 Å². The number of carbonyl (C=O) groups excluding carboxylic acids is 1. The van der Waals surface area contributed by atoms with Gasteiger partial charge in [0, 0.05) is 37.1 Å². The molecule has 0 fully saturated rings. The molecule has 0 bridgehead atoms. The summed E-state index contributed by atoms with van der Waals surface area (Å²) in [6.45, 7) is 2.67. The van der Waals surface area contributed by atoms with Crippen LogP contribution < -0.4 is 5.32 Å². The molecule has 1 atom stereocenters. The number of aromatic nitrogens is 2. The van der Waals surface area contributed by atoms with E-state index in [0.29, 0.717) is 13.0 Å². The summed E-state index contributed by atoms with van der Waals surface area (Å²) >= 11 is 0. The molecule has 1 unspecified atom stereocenters. The van der Waals surface area contributed by atoms with Crippen molar-refractivity contribution >= 4 is 16.8 Å². The number of fused-ring (bicyclic) bond motifs is 1. The molecule has 4 nitrogen and oxygen atoms in total. The standard InChI is InChI=1S/C18H19N3O/c1-14(15-6-10-19-11-7-15)20-18(22)9-13-21-12-8-16-4-2-3-5-17(16)21/h2-8,10-12,14H,9,13H2,1H3,(H,20,22). The fourth-order valence-electron chi connectivity index (χ4n) is 2.61. The molecular formula is C18H19N3O. The number of nitrogens with zero attached hydrogens (tertiary/aromatic N) is 2. The molecule has 2 heterocycles. The lowest BCUT2D eigenvalue weighted by molar-refractivity contribution is -0.121. The van der Waals surface area contributed by atoms with E-state index >= 15 is 0 Å². The predicted molar refractivity (Wildman–Crippen MR) is 87.3 cm³/mol. The van der Waals surface area contributed by atoms with Crippen LogP contribution in [0.2, 0.25) is 0 Å². The first-order valence-electron chi connectivity index (χ1n) is 7.47. The Morgan fingerprint density at radius 2 is 1.95 bits per heavy atom. The molecule has 0 aliphatic carbocycles. The van der Waals surface area contributed by atoms with Crippen LogP contribution in [0.5, 0.6) is 0 Å². The highest BCUT2D eigenvalue weighted by molar-refractivity contribution is 5.80. The number of benzene rings is 1. The van der Waals surface area contributed by atoms with Crippen LogP contribution in [0.15, 0.2) is 61.1 Å². The number of pyridine rings is 1. The van der Waals surface area contributed by atoms with Crippen LogP contribution in [0.1, 0.15) is 24.9 Å². The molecule has 1 amide bonds. The normalized spacial score (nSPS) is 12.2. The Bertz CT molecular complexity index is 764. The van der Waals surface area contributed by atoms with E-state index in [2.05, 4.69) is 33.1 Å². The predicted octanol–water partition coefficient (Wildman–Crippen LogP) is 3.30. The fraction of sp³-hybridized carbons (Fsp3) is 0.222. The van der Waals surface area contributed by atoms with Crippen LogP contribution in [0, 0.1) is 0 Å². The monoisotopic (exact) mass is 293 g/mol. The zero-order valence-electron chi connectivity index (χ0n) is 12.6. The maximum absolute atomic E-state index is 12.1. The van der Waals surface area contributed by atoms with Gasteiger partial charge in [-0.2, -0.15) is 0 Å². The SMILES string of the molecule is CC(NC(=O)CCn1ccc2ccccc21)c1ccncc1. The van der Waals surface area contributed by atoms with E-state index in [-0.39, 0.29) is 11.9 Å². The lowest BCUT2D eigenvalue weighted by Crippen LogP contribution is -2.27. The molecule has 0 saturated heterocycles. The van der Waals surface area contributed by atoms with Crippen molar-refractivity contribution in [1.29, 1.82) is 0 Å². The molecule has 1 aromatic carbocycles. The van der Waals surface area contributed by atoms with Gasteiger partial charge in [0.15, 0.2) is 0 Å². The number of rotatable bonds is 5. The van der Waals surface area contributed by atoms with E-state index in [1.165, 1.54) is 5.39 Å². The summed E-state index contributed by atoms with van der Waals surface area (Å²) in [5, 5.41) is 4.23. The van der Waals surface area contributed by atoms with Gasteiger partial charge in [0.1, 0.15) is 0 Å². The van der Waals surface area contributed by atoms with Gasteiger partial charge in [-0.25, -0.2) is 0 Å². The summed E-state index contributed by atoms with van der Waals surface area (Å²) in [4.78, 5) is 16.1. The molecule has 2 aromatic heterocycles. The molecule has 0 aliphatic heterocycles. The summed E-state index contributed by atoms with van der Waals surface area (Å²) in [6.07, 6.45) is 5.98. The highest BCUT2D eigenvalue weighted by Crippen LogP contribution is 2.15. The van der Waals surface area contributed by atoms with Gasteiger partial charge in [-0.3, -0.25) is 9.78 Å². The average Bonchev–Trinajstić information content (AvgIpc) is 2.97. The first-order chi connectivity index (χ1) is 10.7. The summed E-state index contributed by atoms with van der Waals surface area (Å²) in [7, 11) is 0. The number of hydrogen-bond donors (Lipinski definition) is 1. The maximum atomic E-state index is 12.1. The lowest BCUT2D eigenvalue weighted by Gasteiger charge is -2.14. The van der Waals surface area contributed by atoms with Gasteiger partial charge >= 0.3 is 0 Å². The summed E-state index contributed by atoms with van der Waals surface area (Å²) < 4.78 is 2.12. The van der Waals surface area contributed by atoms with Crippen LogP contribution in [0.3, 0.4) is 0 Å². The minimum Gasteiger partial charge on any atom is -0.350 e. The van der Waals surface area contributed by atoms with E-state index in [0.717, 1.165) is 11.1 Å². The topological polar surface area (TPSA) is 46.9 Å². The Morgan fingerprint density at radius 1 is 1.18 bits per heavy atom. The number of hydrogen-bond acceptors (Lipinski definition) is 2. The van der Waals surface area contributed by atoms with Gasteiger partial charge in [-0.15, -0.1) is 0 Å². The lowest BCUT2D eigenvalue weighted by atomic mass is 10.1. The highest BCUT2D eigenvalue weighted by atomic mass is 16.1. The second-order valence-corrected chi connectivity index (χ2v) is 5.39. The first kappa shape index (κ1) is 14.3. The fourth-order valence-corrected chi connectivity index (χ4v) is 2.61. The average molecular weight is 293 g/mol. The van der Waals surface area contributed by atoms with Gasteiger partial charge in [-0.1, -0.05) is 18.2 Å². The van der Waals surface area contributed by atoms with Gasteiger partial charge in [0.25, 0.3) is 0 Å². The van der Waals surface area contributed by atoms with Crippen molar-refractivity contribution in [3.05, 3.63) is 66.6 Å². The van der Waals surface area contributed by atoms with Gasteiger partial charge < -0.3 is 9.88 Å². The molecule has 0 radical (unpaired) electrons. The molecule has 0 aliphatic rings. The number of para-hydroxylation sites is 1. The summed E-state index contributed by atoms with van der Waals surface area (Å²) in [5.41, 5.74) is 2.23. The van der Waals surface area contributed by atoms with Crippen molar-refractivity contribution in [2.75, 3.05) is 0 Å². The van der Waals surface area contributed by atoms with Gasteiger partial charge in [-0.05, 0) is 42.1 Å². The maximum Gasteiger partial charge on any atom is 0.222 e. The molecule has 3 rings (SSSR count). The zero-order valence-corrected chi connectivity index (χ0v) is 12.6. The van der Waals surface area contributed by atoms with Crippen molar-refractivity contribution < 1.29 is 4.79 Å². The highest BCUT2D eigenvalue weighted by Gasteiger charge is 2.09. The van der Waals surface area contributed by atoms with Crippen LogP contribution in [0.4, 0.5) is 0 Å². The third-order valence-electron chi connectivity index (χ3n) is 3.84. The largest absolute Gasteiger partial charge is 0.350 e. The molecule has 22 heavy (non-hydrogen) atoms. The van der Waals surface area contributed by atoms with Crippen LogP contribution in [-0.2, 0) is 11.3 Å². The molecular weight excluding hydrogens is 274 g/mol. The van der Waals surface area contributed by atoms with E-state index in [9.17, 15) is 4.79 Å². The molecule has 112 valence electrons.